The van der Waals surface area contributed by atoms with Gasteiger partial charge in [-0.25, -0.2) is 17.2 Å². The molecule has 0 saturated carbocycles. The van der Waals surface area contributed by atoms with Crippen LogP contribution in [0.4, 0.5) is 8.78 Å². The summed E-state index contributed by atoms with van der Waals surface area (Å²) in [5.74, 6) is -3.41. The number of amides is 1. The lowest BCUT2D eigenvalue weighted by Crippen LogP contribution is -2.36. The van der Waals surface area contributed by atoms with Gasteiger partial charge in [0.1, 0.15) is 11.6 Å². The number of benzene rings is 3. The first-order chi connectivity index (χ1) is 14.3. The Morgan fingerprint density at radius 1 is 0.867 bits per heavy atom. The summed E-state index contributed by atoms with van der Waals surface area (Å²) < 4.78 is 53.7. The summed E-state index contributed by atoms with van der Waals surface area (Å²) in [7, 11) is -4.06. The Labute approximate surface area is 172 Å². The SMILES string of the molecule is N#Cc1ccc(CS(=O)(=O)NC(=O)C(c2ccc(F)cc2)c2ccc(F)cc2)cc1. The third kappa shape index (κ3) is 5.27. The molecule has 0 bridgehead atoms. The number of sulfonamides is 1. The average Bonchev–Trinajstić information content (AvgIpc) is 2.71. The zero-order chi connectivity index (χ0) is 21.7. The van der Waals surface area contributed by atoms with Crippen LogP contribution in [-0.2, 0) is 20.6 Å². The highest BCUT2D eigenvalue weighted by atomic mass is 32.2. The molecule has 0 heterocycles. The van der Waals surface area contributed by atoms with Crippen molar-refractivity contribution < 1.29 is 22.0 Å². The van der Waals surface area contributed by atoms with Crippen LogP contribution in [0.5, 0.6) is 0 Å². The summed E-state index contributed by atoms with van der Waals surface area (Å²) in [6, 6.07) is 18.0. The van der Waals surface area contributed by atoms with E-state index < -0.39 is 39.2 Å². The van der Waals surface area contributed by atoms with Crippen LogP contribution in [0.3, 0.4) is 0 Å². The molecule has 0 atom stereocenters. The highest BCUT2D eigenvalue weighted by molar-refractivity contribution is 7.89. The van der Waals surface area contributed by atoms with Gasteiger partial charge in [0.05, 0.1) is 23.3 Å². The molecule has 0 aliphatic carbocycles. The predicted molar refractivity (Wildman–Crippen MR) is 107 cm³/mol. The Kier molecular flexibility index (Phi) is 6.23. The summed E-state index contributed by atoms with van der Waals surface area (Å²) in [5.41, 5.74) is 1.49. The van der Waals surface area contributed by atoms with E-state index in [9.17, 15) is 22.0 Å². The number of nitrogens with zero attached hydrogens (tertiary/aromatic N) is 1. The van der Waals surface area contributed by atoms with Crippen molar-refractivity contribution in [3.05, 3.63) is 107 Å². The Hall–Kier alpha value is -3.57. The van der Waals surface area contributed by atoms with Crippen LogP contribution < -0.4 is 4.72 Å². The van der Waals surface area contributed by atoms with Crippen molar-refractivity contribution in [1.82, 2.24) is 4.72 Å². The van der Waals surface area contributed by atoms with Crippen LogP contribution in [0.15, 0.2) is 72.8 Å². The van der Waals surface area contributed by atoms with Gasteiger partial charge in [0.2, 0.25) is 15.9 Å². The molecule has 1 amide bonds. The van der Waals surface area contributed by atoms with Crippen molar-refractivity contribution in [2.45, 2.75) is 11.7 Å². The van der Waals surface area contributed by atoms with Crippen molar-refractivity contribution in [3.63, 3.8) is 0 Å². The molecule has 0 unspecified atom stereocenters. The highest BCUT2D eigenvalue weighted by Crippen LogP contribution is 2.26. The van der Waals surface area contributed by atoms with Gasteiger partial charge in [-0.1, -0.05) is 36.4 Å². The smallest absolute Gasteiger partial charge is 0.245 e. The quantitative estimate of drug-likeness (QED) is 0.652. The van der Waals surface area contributed by atoms with E-state index in [1.807, 2.05) is 10.8 Å². The van der Waals surface area contributed by atoms with E-state index in [4.69, 9.17) is 5.26 Å². The van der Waals surface area contributed by atoms with E-state index in [0.717, 1.165) is 24.3 Å². The van der Waals surface area contributed by atoms with Crippen molar-refractivity contribution in [1.29, 1.82) is 5.26 Å². The molecule has 30 heavy (non-hydrogen) atoms. The van der Waals surface area contributed by atoms with Crippen LogP contribution in [0.2, 0.25) is 0 Å². The van der Waals surface area contributed by atoms with Crippen LogP contribution in [-0.4, -0.2) is 14.3 Å². The lowest BCUT2D eigenvalue weighted by Gasteiger charge is -2.18. The van der Waals surface area contributed by atoms with E-state index in [0.29, 0.717) is 22.3 Å². The largest absolute Gasteiger partial charge is 0.273 e. The minimum Gasteiger partial charge on any atom is -0.273 e. The second-order valence-electron chi connectivity index (χ2n) is 6.57. The first-order valence-corrected chi connectivity index (χ1v) is 10.5. The van der Waals surface area contributed by atoms with E-state index in [2.05, 4.69) is 0 Å². The van der Waals surface area contributed by atoms with Gasteiger partial charge in [-0.05, 0) is 53.1 Å². The second kappa shape index (κ2) is 8.84. The minimum absolute atomic E-state index is 0.356. The third-order valence-corrected chi connectivity index (χ3v) is 5.59. The molecule has 8 heteroatoms. The second-order valence-corrected chi connectivity index (χ2v) is 8.29. The van der Waals surface area contributed by atoms with E-state index >= 15 is 0 Å². The number of nitriles is 1. The summed E-state index contributed by atoms with van der Waals surface area (Å²) >= 11 is 0. The van der Waals surface area contributed by atoms with Crippen LogP contribution >= 0.6 is 0 Å². The number of carbonyl (C=O) groups is 1. The van der Waals surface area contributed by atoms with E-state index in [1.54, 1.807) is 0 Å². The van der Waals surface area contributed by atoms with Gasteiger partial charge in [-0.3, -0.25) is 9.52 Å². The zero-order valence-corrected chi connectivity index (χ0v) is 16.4. The number of carbonyl (C=O) groups excluding carboxylic acids is 1. The Bertz CT molecular complexity index is 1140. The van der Waals surface area contributed by atoms with Gasteiger partial charge >= 0.3 is 0 Å². The van der Waals surface area contributed by atoms with Crippen LogP contribution in [0.25, 0.3) is 0 Å². The fourth-order valence-electron chi connectivity index (χ4n) is 2.95. The zero-order valence-electron chi connectivity index (χ0n) is 15.5. The topological polar surface area (TPSA) is 87.0 Å². The highest BCUT2D eigenvalue weighted by Gasteiger charge is 2.27. The number of rotatable bonds is 6. The maximum absolute atomic E-state index is 13.3. The van der Waals surface area contributed by atoms with Crippen molar-refractivity contribution in [2.24, 2.45) is 0 Å². The number of halogens is 2. The van der Waals surface area contributed by atoms with Crippen molar-refractivity contribution in [3.8, 4) is 6.07 Å². The summed E-state index contributed by atoms with van der Waals surface area (Å²) in [6.07, 6.45) is 0. The molecule has 0 spiro atoms. The summed E-state index contributed by atoms with van der Waals surface area (Å²) in [6.45, 7) is 0. The molecule has 5 nitrogen and oxygen atoms in total. The Morgan fingerprint density at radius 3 is 1.77 bits per heavy atom. The molecule has 0 fully saturated rings. The van der Waals surface area contributed by atoms with Gasteiger partial charge in [-0.15, -0.1) is 0 Å². The van der Waals surface area contributed by atoms with Gasteiger partial charge in [0.25, 0.3) is 0 Å². The molecule has 0 radical (unpaired) electrons. The molecule has 0 aliphatic rings. The Balaban J connectivity index is 1.87. The third-order valence-electron chi connectivity index (χ3n) is 4.36. The molecule has 1 N–H and O–H groups in total. The first-order valence-electron chi connectivity index (χ1n) is 8.82. The molecule has 3 rings (SSSR count). The monoisotopic (exact) mass is 426 g/mol. The first kappa shape index (κ1) is 21.1. The molecule has 3 aromatic carbocycles. The van der Waals surface area contributed by atoms with E-state index in [-0.39, 0.29) is 0 Å². The molecular weight excluding hydrogens is 410 g/mol. The number of hydrogen-bond donors (Lipinski definition) is 1. The average molecular weight is 426 g/mol. The lowest BCUT2D eigenvalue weighted by atomic mass is 9.91. The fraction of sp³-hybridized carbons (Fsp3) is 0.0909. The molecule has 0 aliphatic heterocycles. The number of nitrogens with one attached hydrogen (secondary N) is 1. The van der Waals surface area contributed by atoms with Crippen molar-refractivity contribution in [2.75, 3.05) is 0 Å². The molecule has 0 aromatic heterocycles. The van der Waals surface area contributed by atoms with Gasteiger partial charge in [0.15, 0.2) is 0 Å². The molecule has 152 valence electrons. The van der Waals surface area contributed by atoms with E-state index in [1.165, 1.54) is 48.5 Å². The Morgan fingerprint density at radius 2 is 1.33 bits per heavy atom. The minimum atomic E-state index is -4.06. The molecular formula is C22H16F2N2O3S. The molecule has 3 aromatic rings. The summed E-state index contributed by atoms with van der Waals surface area (Å²) in [4.78, 5) is 12.9. The predicted octanol–water partition coefficient (Wildman–Crippen LogP) is 3.61. The number of hydrogen-bond acceptors (Lipinski definition) is 4. The van der Waals surface area contributed by atoms with Gasteiger partial charge in [0, 0.05) is 0 Å². The van der Waals surface area contributed by atoms with Crippen LogP contribution in [0.1, 0.15) is 28.2 Å². The van der Waals surface area contributed by atoms with Crippen LogP contribution in [0, 0.1) is 23.0 Å². The van der Waals surface area contributed by atoms with Gasteiger partial charge in [-0.2, -0.15) is 5.26 Å². The van der Waals surface area contributed by atoms with Gasteiger partial charge < -0.3 is 0 Å². The fourth-order valence-corrected chi connectivity index (χ4v) is 4.08. The maximum atomic E-state index is 13.3. The molecule has 0 saturated heterocycles. The van der Waals surface area contributed by atoms with Crippen molar-refractivity contribution >= 4 is 15.9 Å². The maximum Gasteiger partial charge on any atom is 0.245 e. The summed E-state index contributed by atoms with van der Waals surface area (Å²) in [5, 5.41) is 8.82. The normalized spacial score (nSPS) is 11.1. The standard InChI is InChI=1S/C22H16F2N2O3S/c23-19-9-5-17(6-10-19)21(18-7-11-20(24)12-8-18)22(27)26-30(28,29)14-16-3-1-15(13-25)2-4-16/h1-12,21H,14H2,(H,26,27). The lowest BCUT2D eigenvalue weighted by molar-refractivity contribution is -0.119.